The van der Waals surface area contributed by atoms with Gasteiger partial charge in [0.1, 0.15) is 0 Å². The van der Waals surface area contributed by atoms with Gasteiger partial charge < -0.3 is 10.1 Å². The predicted octanol–water partition coefficient (Wildman–Crippen LogP) is 3.61. The van der Waals surface area contributed by atoms with E-state index in [2.05, 4.69) is 40.1 Å². The van der Waals surface area contributed by atoms with Crippen molar-refractivity contribution in [2.45, 2.75) is 71.4 Å². The minimum atomic E-state index is 0.00790. The van der Waals surface area contributed by atoms with Crippen molar-refractivity contribution in [2.75, 3.05) is 13.7 Å². The highest BCUT2D eigenvalue weighted by Crippen LogP contribution is 2.33. The van der Waals surface area contributed by atoms with Crippen molar-refractivity contribution in [1.29, 1.82) is 0 Å². The number of ether oxygens (including phenoxy) is 1. The van der Waals surface area contributed by atoms with E-state index in [1.54, 1.807) is 0 Å². The molecule has 0 heterocycles. The molecule has 1 N–H and O–H groups in total. The summed E-state index contributed by atoms with van der Waals surface area (Å²) in [5.74, 6) is 1.75. The van der Waals surface area contributed by atoms with Crippen LogP contribution < -0.4 is 5.32 Å². The van der Waals surface area contributed by atoms with E-state index in [1.165, 1.54) is 32.1 Å². The molecule has 0 aliphatic heterocycles. The smallest absolute Gasteiger partial charge is 0.0598 e. The summed E-state index contributed by atoms with van der Waals surface area (Å²) >= 11 is 0. The van der Waals surface area contributed by atoms with Crippen LogP contribution in [0, 0.1) is 11.8 Å². The van der Waals surface area contributed by atoms with Gasteiger partial charge in [-0.05, 0) is 65.3 Å². The van der Waals surface area contributed by atoms with Crippen LogP contribution in [0.5, 0.6) is 0 Å². The summed E-state index contributed by atoms with van der Waals surface area (Å²) in [4.78, 5) is 0. The zero-order valence-corrected chi connectivity index (χ0v) is 12.4. The first-order valence-electron chi connectivity index (χ1n) is 7.27. The topological polar surface area (TPSA) is 21.3 Å². The Morgan fingerprint density at radius 3 is 2.47 bits per heavy atom. The predicted molar refractivity (Wildman–Crippen MR) is 74.3 cm³/mol. The molecule has 1 aliphatic carbocycles. The van der Waals surface area contributed by atoms with Crippen molar-refractivity contribution in [3.8, 4) is 0 Å². The Hall–Kier alpha value is -0.0800. The summed E-state index contributed by atoms with van der Waals surface area (Å²) in [6.07, 6.45) is 6.68. The average molecular weight is 241 g/mol. The molecule has 0 aromatic carbocycles. The van der Waals surface area contributed by atoms with Crippen LogP contribution >= 0.6 is 0 Å². The monoisotopic (exact) mass is 241 g/mol. The van der Waals surface area contributed by atoms with Gasteiger partial charge in [-0.3, -0.25) is 0 Å². The van der Waals surface area contributed by atoms with E-state index in [4.69, 9.17) is 4.74 Å². The summed E-state index contributed by atoms with van der Waals surface area (Å²) in [6, 6.07) is 0.710. The lowest BCUT2D eigenvalue weighted by Crippen LogP contribution is -2.39. The average Bonchev–Trinajstić information content (AvgIpc) is 2.27. The van der Waals surface area contributed by atoms with Crippen LogP contribution in [-0.4, -0.2) is 25.3 Å². The number of rotatable bonds is 5. The zero-order chi connectivity index (χ0) is 12.9. The van der Waals surface area contributed by atoms with Gasteiger partial charge in [-0.1, -0.05) is 13.3 Å². The third-order valence-corrected chi connectivity index (χ3v) is 4.06. The van der Waals surface area contributed by atoms with E-state index in [-0.39, 0.29) is 5.60 Å². The fraction of sp³-hybridized carbons (Fsp3) is 1.00. The molecule has 17 heavy (non-hydrogen) atoms. The molecular weight excluding hydrogens is 210 g/mol. The van der Waals surface area contributed by atoms with Crippen molar-refractivity contribution < 1.29 is 4.74 Å². The summed E-state index contributed by atoms with van der Waals surface area (Å²) < 4.78 is 5.87. The second kappa shape index (κ2) is 6.75. The minimum absolute atomic E-state index is 0.00790. The highest BCUT2D eigenvalue weighted by Gasteiger charge is 2.28. The molecule has 1 aliphatic rings. The molecule has 1 fully saturated rings. The van der Waals surface area contributed by atoms with Crippen LogP contribution in [0.2, 0.25) is 0 Å². The van der Waals surface area contributed by atoms with Crippen LogP contribution in [0.1, 0.15) is 59.8 Å². The Labute approximate surface area is 108 Å². The number of hydrogen-bond donors (Lipinski definition) is 1. The van der Waals surface area contributed by atoms with Gasteiger partial charge in [0, 0.05) is 12.6 Å². The zero-order valence-electron chi connectivity index (χ0n) is 12.4. The second-order valence-electron chi connectivity index (χ2n) is 6.49. The molecule has 0 radical (unpaired) electrons. The lowest BCUT2D eigenvalue weighted by atomic mass is 9.75. The van der Waals surface area contributed by atoms with Gasteiger partial charge in [-0.25, -0.2) is 0 Å². The molecule has 0 amide bonds. The van der Waals surface area contributed by atoms with E-state index in [0.29, 0.717) is 6.04 Å². The maximum atomic E-state index is 5.87. The van der Waals surface area contributed by atoms with E-state index < -0.39 is 0 Å². The Kier molecular flexibility index (Phi) is 5.94. The molecule has 1 rings (SSSR count). The number of nitrogens with one attached hydrogen (secondary N) is 1. The maximum absolute atomic E-state index is 5.87. The molecule has 102 valence electrons. The van der Waals surface area contributed by atoms with Crippen molar-refractivity contribution in [3.63, 3.8) is 0 Å². The van der Waals surface area contributed by atoms with Crippen LogP contribution in [0.15, 0.2) is 0 Å². The Morgan fingerprint density at radius 2 is 1.94 bits per heavy atom. The Bertz CT molecular complexity index is 209. The standard InChI is InChI=1S/C15H31NO/c1-6-12-7-8-14(16-5)13(11-12)9-10-17-15(2,3)4/h12-14,16H,6-11H2,1-5H3. The van der Waals surface area contributed by atoms with E-state index in [1.807, 2.05) is 0 Å². The fourth-order valence-electron chi connectivity index (χ4n) is 2.95. The molecule has 3 unspecified atom stereocenters. The minimum Gasteiger partial charge on any atom is -0.376 e. The fourth-order valence-corrected chi connectivity index (χ4v) is 2.95. The Balaban J connectivity index is 2.36. The van der Waals surface area contributed by atoms with E-state index in [0.717, 1.165) is 18.4 Å². The van der Waals surface area contributed by atoms with Gasteiger partial charge in [0.05, 0.1) is 5.60 Å². The van der Waals surface area contributed by atoms with E-state index in [9.17, 15) is 0 Å². The third kappa shape index (κ3) is 5.39. The van der Waals surface area contributed by atoms with Crippen LogP contribution in [0.3, 0.4) is 0 Å². The summed E-state index contributed by atoms with van der Waals surface area (Å²) in [5, 5.41) is 3.49. The number of hydrogen-bond acceptors (Lipinski definition) is 2. The van der Waals surface area contributed by atoms with Crippen molar-refractivity contribution >= 4 is 0 Å². The molecule has 2 heteroatoms. The van der Waals surface area contributed by atoms with E-state index >= 15 is 0 Å². The van der Waals surface area contributed by atoms with Crippen molar-refractivity contribution in [2.24, 2.45) is 11.8 Å². The lowest BCUT2D eigenvalue weighted by molar-refractivity contribution is -0.0144. The van der Waals surface area contributed by atoms with Gasteiger partial charge in [0.2, 0.25) is 0 Å². The molecule has 1 saturated carbocycles. The summed E-state index contributed by atoms with van der Waals surface area (Å²) in [6.45, 7) is 9.64. The summed E-state index contributed by atoms with van der Waals surface area (Å²) in [5.41, 5.74) is 0.00790. The quantitative estimate of drug-likeness (QED) is 0.794. The van der Waals surface area contributed by atoms with Gasteiger partial charge in [-0.15, -0.1) is 0 Å². The molecule has 0 spiro atoms. The first-order valence-corrected chi connectivity index (χ1v) is 7.27. The molecule has 0 aromatic heterocycles. The second-order valence-corrected chi connectivity index (χ2v) is 6.49. The van der Waals surface area contributed by atoms with Crippen molar-refractivity contribution in [3.05, 3.63) is 0 Å². The summed E-state index contributed by atoms with van der Waals surface area (Å²) in [7, 11) is 2.11. The first-order chi connectivity index (χ1) is 7.96. The normalized spacial score (nSPS) is 30.5. The highest BCUT2D eigenvalue weighted by molar-refractivity contribution is 4.83. The first kappa shape index (κ1) is 15.0. The molecular formula is C15H31NO. The molecule has 3 atom stereocenters. The van der Waals surface area contributed by atoms with Gasteiger partial charge >= 0.3 is 0 Å². The van der Waals surface area contributed by atoms with Crippen LogP contribution in [0.25, 0.3) is 0 Å². The van der Waals surface area contributed by atoms with Gasteiger partial charge in [0.25, 0.3) is 0 Å². The third-order valence-electron chi connectivity index (χ3n) is 4.06. The van der Waals surface area contributed by atoms with Crippen molar-refractivity contribution in [1.82, 2.24) is 5.32 Å². The molecule has 0 bridgehead atoms. The van der Waals surface area contributed by atoms with Gasteiger partial charge in [-0.2, -0.15) is 0 Å². The molecule has 0 saturated heterocycles. The lowest BCUT2D eigenvalue weighted by Gasteiger charge is -2.36. The van der Waals surface area contributed by atoms with Crippen LogP contribution in [0.4, 0.5) is 0 Å². The highest BCUT2D eigenvalue weighted by atomic mass is 16.5. The Morgan fingerprint density at radius 1 is 1.24 bits per heavy atom. The largest absolute Gasteiger partial charge is 0.376 e. The van der Waals surface area contributed by atoms with Gasteiger partial charge in [0.15, 0.2) is 0 Å². The molecule has 2 nitrogen and oxygen atoms in total. The maximum Gasteiger partial charge on any atom is 0.0598 e. The molecule has 0 aromatic rings. The van der Waals surface area contributed by atoms with Crippen LogP contribution in [-0.2, 0) is 4.74 Å². The SMILES string of the molecule is CCC1CCC(NC)C(CCOC(C)(C)C)C1.